The van der Waals surface area contributed by atoms with Crippen LogP contribution in [0.3, 0.4) is 0 Å². The zero-order chi connectivity index (χ0) is 52.3. The minimum absolute atomic E-state index is 0.00878. The van der Waals surface area contributed by atoms with E-state index < -0.39 is 0 Å². The van der Waals surface area contributed by atoms with Crippen LogP contribution in [0, 0.1) is 0 Å². The third-order valence-corrected chi connectivity index (χ3v) is 17.8. The van der Waals surface area contributed by atoms with Crippen molar-refractivity contribution < 1.29 is 0 Å². The third kappa shape index (κ3) is 6.16. The number of nitrogens with zero attached hydrogens (tertiary/aromatic N) is 4. The summed E-state index contributed by atoms with van der Waals surface area (Å²) in [4.78, 5) is 5.17. The molecule has 0 atom stereocenters. The molecule has 0 aliphatic carbocycles. The Kier molecular flexibility index (Phi) is 9.04. The van der Waals surface area contributed by atoms with Gasteiger partial charge in [0.25, 0.3) is 0 Å². The van der Waals surface area contributed by atoms with Crippen LogP contribution in [-0.2, 0) is 21.7 Å². The minimum Gasteiger partial charge on any atom is -0.375 e. The van der Waals surface area contributed by atoms with E-state index in [-0.39, 0.29) is 35.4 Å². The molecule has 0 N–H and O–H groups in total. The largest absolute Gasteiger partial charge is 0.375 e. The summed E-state index contributed by atoms with van der Waals surface area (Å²) >= 11 is 0. The molecule has 9 aromatic carbocycles. The van der Waals surface area contributed by atoms with E-state index in [0.717, 1.165) is 11.4 Å². The lowest BCUT2D eigenvalue weighted by Gasteiger charge is -2.44. The molecule has 15 rings (SSSR count). The van der Waals surface area contributed by atoms with Gasteiger partial charge in [-0.25, -0.2) is 0 Å². The molecule has 4 aliphatic heterocycles. The van der Waals surface area contributed by atoms with Crippen molar-refractivity contribution in [1.82, 2.24) is 8.96 Å². The molecule has 0 unspecified atom stereocenters. The summed E-state index contributed by atoms with van der Waals surface area (Å²) in [5.41, 5.74) is 28.4. The fraction of sp³-hybridized carbons (Fsp3) is 0.229. The first-order chi connectivity index (χ1) is 36.3. The first-order valence-electron chi connectivity index (χ1n) is 27.7. The summed E-state index contributed by atoms with van der Waals surface area (Å²) in [6.45, 7) is 28.0. The molecule has 0 amide bonds. The second-order valence-corrected chi connectivity index (χ2v) is 26.6. The maximum Gasteiger partial charge on any atom is 0.333 e. The Morgan fingerprint density at radius 2 is 0.684 bits per heavy atom. The van der Waals surface area contributed by atoms with Crippen molar-refractivity contribution in [2.75, 3.05) is 9.80 Å². The number of para-hydroxylation sites is 2. The molecule has 0 saturated heterocycles. The molecule has 4 nitrogen and oxygen atoms in total. The van der Waals surface area contributed by atoms with Gasteiger partial charge in [0.05, 0.1) is 0 Å². The standard InChI is InChI=1S/C70H64B2N4/c1-67(2,3)41-29-31-57-49(33-41)53-37-43(69(7,8)9)35-51-47-25-19-27-59-63(47)71(75(57)65(51)53)55-39-56-62(40-61(55)73(59)45-21-15-13-16-22-45)74(46-23-17-14-18-24-46)60-28-20-26-48-52-36-44(70(10,11)12)38-54-50-34-42(68(4,5)6)30-32-58(50)76(66(52)54)72(56)64(48)60/h13-40H,1-12H3. The van der Waals surface area contributed by atoms with Crippen molar-refractivity contribution in [3.8, 4) is 22.3 Å². The Hall–Kier alpha value is -7.69. The van der Waals surface area contributed by atoms with Crippen molar-refractivity contribution in [3.05, 3.63) is 192 Å². The van der Waals surface area contributed by atoms with Crippen LogP contribution in [0.25, 0.3) is 65.9 Å². The molecule has 370 valence electrons. The van der Waals surface area contributed by atoms with Crippen LogP contribution in [0.2, 0.25) is 0 Å². The zero-order valence-electron chi connectivity index (χ0n) is 46.1. The maximum atomic E-state index is 2.76. The first kappa shape index (κ1) is 45.7. The molecular weight excluding hydrogens is 918 g/mol. The monoisotopic (exact) mass is 983 g/mol. The summed E-state index contributed by atoms with van der Waals surface area (Å²) in [6.07, 6.45) is 0. The van der Waals surface area contributed by atoms with Crippen LogP contribution in [0.15, 0.2) is 170 Å². The normalized spacial score (nSPS) is 14.5. The van der Waals surface area contributed by atoms with Crippen LogP contribution >= 0.6 is 0 Å². The van der Waals surface area contributed by atoms with E-state index in [1.54, 1.807) is 0 Å². The van der Waals surface area contributed by atoms with Crippen molar-refractivity contribution in [2.45, 2.75) is 105 Å². The average molecular weight is 983 g/mol. The van der Waals surface area contributed by atoms with Crippen molar-refractivity contribution >= 4 is 113 Å². The number of fused-ring (bicyclic) bond motifs is 14. The van der Waals surface area contributed by atoms with E-state index in [4.69, 9.17) is 0 Å². The highest BCUT2D eigenvalue weighted by molar-refractivity contribution is 6.93. The van der Waals surface area contributed by atoms with Gasteiger partial charge in [-0.15, -0.1) is 0 Å². The van der Waals surface area contributed by atoms with Crippen LogP contribution in [0.5, 0.6) is 0 Å². The SMILES string of the molecule is CC(C)(C)c1ccc2c(c1)c1cc(C(C)(C)C)cc3c1n2B1c2cc4c(cc2N(c2ccccc2)c2cccc-3c21)N(c1ccccc1)c1cccc2c1B4n1c3ccc(C(C)(C)C)cc3c3cc(C(C)(C)C)cc-2c31. The molecule has 0 radical (unpaired) electrons. The topological polar surface area (TPSA) is 16.3 Å². The highest BCUT2D eigenvalue weighted by Gasteiger charge is 2.48. The van der Waals surface area contributed by atoms with E-state index in [1.807, 2.05) is 0 Å². The Labute approximate surface area is 448 Å². The Balaban J connectivity index is 1.11. The van der Waals surface area contributed by atoms with E-state index in [9.17, 15) is 0 Å². The molecule has 6 heteroatoms. The quantitative estimate of drug-likeness (QED) is 0.161. The fourth-order valence-corrected chi connectivity index (χ4v) is 13.9. The molecule has 0 fully saturated rings. The second-order valence-electron chi connectivity index (χ2n) is 26.6. The summed E-state index contributed by atoms with van der Waals surface area (Å²) in [7, 11) is 0. The van der Waals surface area contributed by atoms with E-state index >= 15 is 0 Å². The predicted molar refractivity (Wildman–Crippen MR) is 328 cm³/mol. The molecular formula is C70H64B2N4. The highest BCUT2D eigenvalue weighted by atomic mass is 15.2. The van der Waals surface area contributed by atoms with Crippen LogP contribution < -0.4 is 31.7 Å². The van der Waals surface area contributed by atoms with Crippen molar-refractivity contribution in [1.29, 1.82) is 0 Å². The molecule has 0 saturated carbocycles. The number of hydrogen-bond donors (Lipinski definition) is 0. The van der Waals surface area contributed by atoms with Crippen molar-refractivity contribution in [3.63, 3.8) is 0 Å². The zero-order valence-corrected chi connectivity index (χ0v) is 46.1. The number of hydrogen-bond acceptors (Lipinski definition) is 2. The lowest BCUT2D eigenvalue weighted by molar-refractivity contribution is 0.590. The summed E-state index contributed by atoms with van der Waals surface area (Å²) in [6, 6.07) is 66.6. The Morgan fingerprint density at radius 1 is 0.303 bits per heavy atom. The third-order valence-electron chi connectivity index (χ3n) is 17.8. The Morgan fingerprint density at radius 3 is 1.07 bits per heavy atom. The van der Waals surface area contributed by atoms with Gasteiger partial charge in [0, 0.05) is 88.9 Å². The molecule has 4 aliphatic rings. The van der Waals surface area contributed by atoms with Gasteiger partial charge >= 0.3 is 13.7 Å². The van der Waals surface area contributed by atoms with E-state index in [0.29, 0.717) is 0 Å². The highest BCUT2D eigenvalue weighted by Crippen LogP contribution is 2.51. The lowest BCUT2D eigenvalue weighted by atomic mass is 9.41. The number of rotatable bonds is 2. The van der Waals surface area contributed by atoms with Gasteiger partial charge in [0.1, 0.15) is 0 Å². The smallest absolute Gasteiger partial charge is 0.333 e. The molecule has 6 heterocycles. The second kappa shape index (κ2) is 15.0. The minimum atomic E-state index is -0.109. The van der Waals surface area contributed by atoms with Crippen LogP contribution in [-0.4, -0.2) is 22.7 Å². The number of benzene rings is 9. The fourth-order valence-electron chi connectivity index (χ4n) is 13.9. The molecule has 11 aromatic rings. The van der Waals surface area contributed by atoms with Crippen molar-refractivity contribution in [2.24, 2.45) is 0 Å². The van der Waals surface area contributed by atoms with Gasteiger partial charge in [-0.1, -0.05) is 162 Å². The molecule has 76 heavy (non-hydrogen) atoms. The van der Waals surface area contributed by atoms with Crippen LogP contribution in [0.1, 0.15) is 105 Å². The predicted octanol–water partition coefficient (Wildman–Crippen LogP) is 15.9. The van der Waals surface area contributed by atoms with Gasteiger partial charge in [-0.3, -0.25) is 0 Å². The Bertz CT molecular complexity index is 4060. The van der Waals surface area contributed by atoms with Crippen LogP contribution in [0.4, 0.5) is 34.1 Å². The number of anilines is 6. The van der Waals surface area contributed by atoms with E-state index in [2.05, 4.69) is 272 Å². The first-order valence-corrected chi connectivity index (χ1v) is 27.7. The average Bonchev–Trinajstić information content (AvgIpc) is 4.11. The van der Waals surface area contributed by atoms with Gasteiger partial charge < -0.3 is 18.8 Å². The van der Waals surface area contributed by atoms with Gasteiger partial charge in [0.15, 0.2) is 0 Å². The van der Waals surface area contributed by atoms with Gasteiger partial charge in [-0.05, 0) is 168 Å². The maximum absolute atomic E-state index is 2.76. The van der Waals surface area contributed by atoms with Gasteiger partial charge in [-0.2, -0.15) is 0 Å². The van der Waals surface area contributed by atoms with Gasteiger partial charge in [0.2, 0.25) is 0 Å². The summed E-state index contributed by atoms with van der Waals surface area (Å²) in [5.74, 6) is 0. The molecule has 0 spiro atoms. The molecule has 2 aromatic heterocycles. The number of aromatic nitrogens is 2. The summed E-state index contributed by atoms with van der Waals surface area (Å²) < 4.78 is 5.52. The summed E-state index contributed by atoms with van der Waals surface area (Å²) in [5, 5.41) is 5.34. The lowest BCUT2D eigenvalue weighted by Crippen LogP contribution is -2.61. The molecule has 0 bridgehead atoms. The van der Waals surface area contributed by atoms with E-state index in [1.165, 1.54) is 133 Å².